The Labute approximate surface area is 305 Å². The SMILES string of the molecule is CC1(C)c2cc(-c3ccccc3)ccc2-c2ccc(-c3cccc4c(-c5nc(-c6ccccc6)nc(-c6ccccc6)n5)cccc34)cc2C1(C)C. The van der Waals surface area contributed by atoms with E-state index in [1.165, 1.54) is 49.9 Å². The molecule has 52 heavy (non-hydrogen) atoms. The predicted molar refractivity (Wildman–Crippen MR) is 216 cm³/mol. The molecule has 9 rings (SSSR count). The average molecular weight is 670 g/mol. The molecular weight excluding hydrogens is 631 g/mol. The van der Waals surface area contributed by atoms with Crippen LogP contribution in [0.1, 0.15) is 38.8 Å². The largest absolute Gasteiger partial charge is 0.208 e. The molecule has 0 saturated heterocycles. The lowest BCUT2D eigenvalue weighted by molar-refractivity contribution is 0.299. The molecule has 3 nitrogen and oxygen atoms in total. The van der Waals surface area contributed by atoms with Gasteiger partial charge in [0.25, 0.3) is 0 Å². The fourth-order valence-corrected chi connectivity index (χ4v) is 7.93. The summed E-state index contributed by atoms with van der Waals surface area (Å²) in [5, 5.41) is 2.28. The van der Waals surface area contributed by atoms with Gasteiger partial charge in [0.2, 0.25) is 0 Å². The zero-order valence-electron chi connectivity index (χ0n) is 29.9. The van der Waals surface area contributed by atoms with Crippen molar-refractivity contribution in [3.05, 3.63) is 175 Å². The molecule has 1 aliphatic carbocycles. The minimum absolute atomic E-state index is 0.101. The van der Waals surface area contributed by atoms with Crippen LogP contribution in [0.5, 0.6) is 0 Å². The third-order valence-electron chi connectivity index (χ3n) is 11.5. The van der Waals surface area contributed by atoms with Crippen LogP contribution in [0.2, 0.25) is 0 Å². The van der Waals surface area contributed by atoms with Gasteiger partial charge < -0.3 is 0 Å². The molecule has 8 aromatic rings. The number of hydrogen-bond acceptors (Lipinski definition) is 3. The Bertz CT molecular complexity index is 2550. The summed E-state index contributed by atoms with van der Waals surface area (Å²) in [6.45, 7) is 9.62. The molecule has 0 amide bonds. The average Bonchev–Trinajstić information content (AvgIpc) is 3.20. The van der Waals surface area contributed by atoms with Gasteiger partial charge in [0.1, 0.15) is 0 Å². The van der Waals surface area contributed by atoms with Crippen molar-refractivity contribution >= 4 is 10.8 Å². The van der Waals surface area contributed by atoms with Gasteiger partial charge in [0.15, 0.2) is 17.5 Å². The second kappa shape index (κ2) is 12.2. The van der Waals surface area contributed by atoms with Crippen molar-refractivity contribution in [3.63, 3.8) is 0 Å². The highest BCUT2D eigenvalue weighted by atomic mass is 15.0. The van der Waals surface area contributed by atoms with Gasteiger partial charge >= 0.3 is 0 Å². The molecule has 1 heterocycles. The molecule has 0 atom stereocenters. The zero-order valence-corrected chi connectivity index (χ0v) is 29.9. The van der Waals surface area contributed by atoms with Crippen molar-refractivity contribution < 1.29 is 0 Å². The van der Waals surface area contributed by atoms with Crippen LogP contribution in [0, 0.1) is 0 Å². The first-order valence-electron chi connectivity index (χ1n) is 18.0. The lowest BCUT2D eigenvalue weighted by atomic mass is 9.55. The molecule has 0 bridgehead atoms. The van der Waals surface area contributed by atoms with Gasteiger partial charge in [0, 0.05) is 16.7 Å². The van der Waals surface area contributed by atoms with E-state index in [0.29, 0.717) is 17.5 Å². The summed E-state index contributed by atoms with van der Waals surface area (Å²) >= 11 is 0. The van der Waals surface area contributed by atoms with Crippen molar-refractivity contribution in [1.29, 1.82) is 0 Å². The molecule has 3 heteroatoms. The van der Waals surface area contributed by atoms with Gasteiger partial charge in [-0.25, -0.2) is 15.0 Å². The van der Waals surface area contributed by atoms with Crippen LogP contribution in [0.4, 0.5) is 0 Å². The number of fused-ring (bicyclic) bond motifs is 4. The van der Waals surface area contributed by atoms with Gasteiger partial charge in [-0.3, -0.25) is 0 Å². The fraction of sp³-hybridized carbons (Fsp3) is 0.122. The van der Waals surface area contributed by atoms with E-state index in [1.807, 2.05) is 36.4 Å². The fourth-order valence-electron chi connectivity index (χ4n) is 7.93. The molecule has 250 valence electrons. The van der Waals surface area contributed by atoms with E-state index in [9.17, 15) is 0 Å². The predicted octanol–water partition coefficient (Wildman–Crippen LogP) is 12.6. The minimum atomic E-state index is -0.122. The van der Waals surface area contributed by atoms with Crippen molar-refractivity contribution in [3.8, 4) is 67.5 Å². The van der Waals surface area contributed by atoms with Crippen molar-refractivity contribution in [2.24, 2.45) is 0 Å². The quantitative estimate of drug-likeness (QED) is 0.183. The van der Waals surface area contributed by atoms with E-state index in [0.717, 1.165) is 22.1 Å². The smallest absolute Gasteiger partial charge is 0.164 e. The number of benzene rings is 7. The molecule has 0 saturated carbocycles. The van der Waals surface area contributed by atoms with E-state index in [1.54, 1.807) is 0 Å². The Morgan fingerprint density at radius 3 is 1.27 bits per heavy atom. The lowest BCUT2D eigenvalue weighted by Crippen LogP contribution is -2.43. The van der Waals surface area contributed by atoms with Crippen molar-refractivity contribution in [1.82, 2.24) is 15.0 Å². The number of nitrogens with zero attached hydrogens (tertiary/aromatic N) is 3. The molecule has 0 aliphatic heterocycles. The standard InChI is InChI=1S/C49H39N3/c1-48(2)43-30-35(32-16-8-5-9-17-32)26-28-40(43)41-29-27-36(31-44(41)49(48,3)4)37-22-14-24-39-38(37)23-15-25-42(39)47-51-45(33-18-10-6-11-19-33)50-46(52-47)34-20-12-7-13-21-34/h5-31H,1-4H3. The maximum absolute atomic E-state index is 5.07. The van der Waals surface area contributed by atoms with E-state index in [2.05, 4.69) is 155 Å². The summed E-state index contributed by atoms with van der Waals surface area (Å²) in [6, 6.07) is 58.2. The van der Waals surface area contributed by atoms with Crippen LogP contribution in [0.25, 0.3) is 78.3 Å². The minimum Gasteiger partial charge on any atom is -0.208 e. The van der Waals surface area contributed by atoms with Gasteiger partial charge in [-0.2, -0.15) is 0 Å². The monoisotopic (exact) mass is 669 g/mol. The molecule has 0 fully saturated rings. The molecular formula is C49H39N3. The Morgan fingerprint density at radius 2 is 0.731 bits per heavy atom. The lowest BCUT2D eigenvalue weighted by Gasteiger charge is -2.48. The first-order valence-corrected chi connectivity index (χ1v) is 18.0. The van der Waals surface area contributed by atoms with Gasteiger partial charge in [-0.15, -0.1) is 0 Å². The van der Waals surface area contributed by atoms with Gasteiger partial charge in [0.05, 0.1) is 0 Å². The third kappa shape index (κ3) is 5.15. The van der Waals surface area contributed by atoms with Crippen LogP contribution >= 0.6 is 0 Å². The highest BCUT2D eigenvalue weighted by Gasteiger charge is 2.46. The van der Waals surface area contributed by atoms with E-state index >= 15 is 0 Å². The molecule has 1 aliphatic rings. The second-order valence-electron chi connectivity index (χ2n) is 14.9. The summed E-state index contributed by atoms with van der Waals surface area (Å²) < 4.78 is 0. The Balaban J connectivity index is 1.19. The van der Waals surface area contributed by atoms with Crippen LogP contribution in [-0.4, -0.2) is 15.0 Å². The molecule has 0 spiro atoms. The summed E-state index contributed by atoms with van der Waals surface area (Å²) in [7, 11) is 0. The Kier molecular flexibility index (Phi) is 7.48. The van der Waals surface area contributed by atoms with E-state index in [4.69, 9.17) is 15.0 Å². The Morgan fingerprint density at radius 1 is 0.308 bits per heavy atom. The highest BCUT2D eigenvalue weighted by molar-refractivity contribution is 6.04. The molecule has 0 radical (unpaired) electrons. The number of aromatic nitrogens is 3. The number of hydrogen-bond donors (Lipinski definition) is 0. The second-order valence-corrected chi connectivity index (χ2v) is 14.9. The zero-order chi connectivity index (χ0) is 35.5. The van der Waals surface area contributed by atoms with Crippen molar-refractivity contribution in [2.75, 3.05) is 0 Å². The summed E-state index contributed by atoms with van der Waals surface area (Å²) in [4.78, 5) is 15.1. The first kappa shape index (κ1) is 31.8. The van der Waals surface area contributed by atoms with Crippen LogP contribution in [-0.2, 0) is 10.8 Å². The third-order valence-corrected chi connectivity index (χ3v) is 11.5. The normalized spacial score (nSPS) is 14.1. The van der Waals surface area contributed by atoms with Gasteiger partial charge in [-0.05, 0) is 78.2 Å². The Hall–Kier alpha value is -6.19. The molecule has 0 N–H and O–H groups in total. The maximum atomic E-state index is 5.07. The number of rotatable bonds is 5. The topological polar surface area (TPSA) is 38.7 Å². The van der Waals surface area contributed by atoms with E-state index in [-0.39, 0.29) is 10.8 Å². The van der Waals surface area contributed by atoms with Crippen LogP contribution in [0.15, 0.2) is 164 Å². The molecule has 7 aromatic carbocycles. The van der Waals surface area contributed by atoms with Crippen molar-refractivity contribution in [2.45, 2.75) is 38.5 Å². The molecule has 0 unspecified atom stereocenters. The van der Waals surface area contributed by atoms with Gasteiger partial charge in [-0.1, -0.05) is 179 Å². The first-order chi connectivity index (χ1) is 25.3. The summed E-state index contributed by atoms with van der Waals surface area (Å²) in [5.74, 6) is 1.98. The summed E-state index contributed by atoms with van der Waals surface area (Å²) in [5.41, 5.74) is 13.0. The van der Waals surface area contributed by atoms with Crippen LogP contribution in [0.3, 0.4) is 0 Å². The van der Waals surface area contributed by atoms with Crippen LogP contribution < -0.4 is 0 Å². The molecule has 1 aromatic heterocycles. The van der Waals surface area contributed by atoms with E-state index < -0.39 is 0 Å². The summed E-state index contributed by atoms with van der Waals surface area (Å²) in [6.07, 6.45) is 0. The highest BCUT2D eigenvalue weighted by Crippen LogP contribution is 2.55. The maximum Gasteiger partial charge on any atom is 0.164 e.